The van der Waals surface area contributed by atoms with Gasteiger partial charge in [0.15, 0.2) is 0 Å². The SMILES string of the molecule is CC(=O)O.CCC(=O)O.[Co].[Co]. The average Bonchev–Trinajstić information content (AvgIpc) is 1.65. The Morgan fingerprint density at radius 1 is 1.18 bits per heavy atom. The third kappa shape index (κ3) is 165. The molecule has 6 heteroatoms. The molecule has 0 aliphatic rings. The Morgan fingerprint density at radius 3 is 1.27 bits per heavy atom. The van der Waals surface area contributed by atoms with Crippen LogP contribution in [0, 0.1) is 0 Å². The van der Waals surface area contributed by atoms with Crippen molar-refractivity contribution in [2.45, 2.75) is 20.3 Å². The summed E-state index contributed by atoms with van der Waals surface area (Å²) in [4.78, 5) is 18.4. The van der Waals surface area contributed by atoms with Crippen molar-refractivity contribution in [2.24, 2.45) is 0 Å². The van der Waals surface area contributed by atoms with E-state index >= 15 is 0 Å². The number of carboxylic acid groups (broad SMARTS) is 2. The van der Waals surface area contributed by atoms with Crippen LogP contribution in [0.4, 0.5) is 0 Å². The fourth-order valence-corrected chi connectivity index (χ4v) is 0. The molecule has 0 atom stereocenters. The van der Waals surface area contributed by atoms with Crippen molar-refractivity contribution >= 4 is 11.9 Å². The van der Waals surface area contributed by atoms with Crippen LogP contribution < -0.4 is 0 Å². The molecule has 4 nitrogen and oxygen atoms in total. The zero-order valence-corrected chi connectivity index (χ0v) is 8.17. The summed E-state index contributed by atoms with van der Waals surface area (Å²) in [5.41, 5.74) is 0. The van der Waals surface area contributed by atoms with E-state index in [0.29, 0.717) is 0 Å². The first kappa shape index (κ1) is 22.4. The van der Waals surface area contributed by atoms with Crippen LogP contribution in [0.2, 0.25) is 0 Å². The predicted octanol–water partition coefficient (Wildman–Crippen LogP) is 0.567. The summed E-state index contributed by atoms with van der Waals surface area (Å²) in [6, 6.07) is 0. The van der Waals surface area contributed by atoms with Crippen molar-refractivity contribution in [3.63, 3.8) is 0 Å². The first-order valence-electron chi connectivity index (χ1n) is 2.42. The topological polar surface area (TPSA) is 74.6 Å². The molecule has 0 fully saturated rings. The number of aliphatic carboxylic acids is 2. The molecule has 2 N–H and O–H groups in total. The van der Waals surface area contributed by atoms with Crippen LogP contribution in [0.15, 0.2) is 0 Å². The quantitative estimate of drug-likeness (QED) is 0.715. The molecule has 0 heterocycles. The Morgan fingerprint density at radius 2 is 1.27 bits per heavy atom. The van der Waals surface area contributed by atoms with E-state index in [1.165, 1.54) is 0 Å². The average molecular weight is 252 g/mol. The van der Waals surface area contributed by atoms with Crippen LogP contribution in [0.25, 0.3) is 0 Å². The summed E-state index contributed by atoms with van der Waals surface area (Å²) in [5, 5.41) is 15.1. The van der Waals surface area contributed by atoms with Crippen LogP contribution in [-0.2, 0) is 43.1 Å². The van der Waals surface area contributed by atoms with E-state index in [1.807, 2.05) is 0 Å². The van der Waals surface area contributed by atoms with Crippen molar-refractivity contribution in [1.82, 2.24) is 0 Å². The van der Waals surface area contributed by atoms with Gasteiger partial charge in [-0.2, -0.15) is 0 Å². The molecular weight excluding hydrogens is 242 g/mol. The van der Waals surface area contributed by atoms with Gasteiger partial charge in [0.1, 0.15) is 0 Å². The van der Waals surface area contributed by atoms with E-state index in [2.05, 4.69) is 0 Å². The number of carbonyl (C=O) groups is 2. The largest absolute Gasteiger partial charge is 0.481 e. The minimum atomic E-state index is -0.833. The van der Waals surface area contributed by atoms with Gasteiger partial charge in [-0.15, -0.1) is 0 Å². The maximum absolute atomic E-state index is 9.37. The number of rotatable bonds is 1. The van der Waals surface area contributed by atoms with Gasteiger partial charge in [0.25, 0.3) is 5.97 Å². The van der Waals surface area contributed by atoms with Gasteiger partial charge in [0.05, 0.1) is 0 Å². The monoisotopic (exact) mass is 252 g/mol. The molecule has 0 rings (SSSR count). The molecule has 0 amide bonds. The van der Waals surface area contributed by atoms with Crippen molar-refractivity contribution < 1.29 is 53.4 Å². The summed E-state index contributed by atoms with van der Waals surface area (Å²) < 4.78 is 0. The molecule has 2 radical (unpaired) electrons. The smallest absolute Gasteiger partial charge is 0.303 e. The molecule has 0 saturated heterocycles. The van der Waals surface area contributed by atoms with Gasteiger partial charge < -0.3 is 10.2 Å². The van der Waals surface area contributed by atoms with Crippen LogP contribution in [0.3, 0.4) is 0 Å². The predicted molar refractivity (Wildman–Crippen MR) is 31.2 cm³/mol. The van der Waals surface area contributed by atoms with Gasteiger partial charge in [-0.05, 0) is 0 Å². The van der Waals surface area contributed by atoms with Crippen LogP contribution >= 0.6 is 0 Å². The van der Waals surface area contributed by atoms with Gasteiger partial charge in [-0.25, -0.2) is 0 Å². The third-order valence-corrected chi connectivity index (χ3v) is 0.302. The van der Waals surface area contributed by atoms with Gasteiger partial charge >= 0.3 is 5.97 Å². The zero-order valence-electron chi connectivity index (χ0n) is 6.08. The molecule has 0 aromatic heterocycles. The van der Waals surface area contributed by atoms with Gasteiger partial charge in [0.2, 0.25) is 0 Å². The maximum atomic E-state index is 9.37. The van der Waals surface area contributed by atoms with Crippen molar-refractivity contribution in [3.05, 3.63) is 0 Å². The minimum Gasteiger partial charge on any atom is -0.481 e. The molecule has 0 aromatic carbocycles. The Balaban J connectivity index is -0.0000000383. The Bertz CT molecular complexity index is 101. The molecular formula is C5H10Co2O4. The second kappa shape index (κ2) is 16.5. The Kier molecular flexibility index (Phi) is 33.7. The fourth-order valence-electron chi connectivity index (χ4n) is 0. The molecule has 0 aliphatic carbocycles. The van der Waals surface area contributed by atoms with E-state index in [9.17, 15) is 4.79 Å². The van der Waals surface area contributed by atoms with Crippen molar-refractivity contribution in [3.8, 4) is 0 Å². The third-order valence-electron chi connectivity index (χ3n) is 0.302. The molecule has 0 aromatic rings. The van der Waals surface area contributed by atoms with E-state index in [-0.39, 0.29) is 40.0 Å². The van der Waals surface area contributed by atoms with Crippen LogP contribution in [0.5, 0.6) is 0 Å². The second-order valence-corrected chi connectivity index (χ2v) is 1.27. The van der Waals surface area contributed by atoms with Gasteiger partial charge in [0, 0.05) is 46.9 Å². The van der Waals surface area contributed by atoms with Crippen molar-refractivity contribution in [2.75, 3.05) is 0 Å². The summed E-state index contributed by atoms with van der Waals surface area (Å²) in [7, 11) is 0. The maximum Gasteiger partial charge on any atom is 0.303 e. The van der Waals surface area contributed by atoms with E-state index in [1.54, 1.807) is 6.92 Å². The van der Waals surface area contributed by atoms with Gasteiger partial charge in [-0.3, -0.25) is 9.59 Å². The standard InChI is InChI=1S/C3H6O2.C2H4O2.2Co/c1-2-3(4)5;1-2(3)4;;/h2H2,1H3,(H,4,5);1H3,(H,3,4);;. The second-order valence-electron chi connectivity index (χ2n) is 1.27. The van der Waals surface area contributed by atoms with Gasteiger partial charge in [-0.1, -0.05) is 6.92 Å². The van der Waals surface area contributed by atoms with Crippen molar-refractivity contribution in [1.29, 1.82) is 0 Å². The number of hydrogen-bond acceptors (Lipinski definition) is 2. The van der Waals surface area contributed by atoms with E-state index in [4.69, 9.17) is 15.0 Å². The first-order chi connectivity index (χ1) is 4.00. The van der Waals surface area contributed by atoms with E-state index in [0.717, 1.165) is 6.92 Å². The summed E-state index contributed by atoms with van der Waals surface area (Å²) in [6.45, 7) is 2.68. The minimum absolute atomic E-state index is 0. The molecule has 0 spiro atoms. The molecule has 0 saturated carbocycles. The summed E-state index contributed by atoms with van der Waals surface area (Å²) in [6.07, 6.45) is 0.222. The zero-order chi connectivity index (χ0) is 7.86. The molecule has 11 heavy (non-hydrogen) atoms. The molecule has 0 unspecified atom stereocenters. The number of hydrogen-bond donors (Lipinski definition) is 2. The van der Waals surface area contributed by atoms with Crippen LogP contribution in [0.1, 0.15) is 20.3 Å². The molecule has 0 bridgehead atoms. The summed E-state index contributed by atoms with van der Waals surface area (Å²) in [5.74, 6) is -1.58. The van der Waals surface area contributed by atoms with E-state index < -0.39 is 11.9 Å². The Hall–Kier alpha value is -0.0470. The molecule has 0 aliphatic heterocycles. The normalized spacial score (nSPS) is 5.64. The fraction of sp³-hybridized carbons (Fsp3) is 0.600. The first-order valence-corrected chi connectivity index (χ1v) is 2.42. The molecule has 72 valence electrons. The Labute approximate surface area is 85.8 Å². The van der Waals surface area contributed by atoms with Crippen LogP contribution in [-0.4, -0.2) is 22.2 Å². The number of carboxylic acids is 2. The summed E-state index contributed by atoms with van der Waals surface area (Å²) >= 11 is 0.